The molecule has 0 heterocycles. The second kappa shape index (κ2) is 3.18. The van der Waals surface area contributed by atoms with Crippen LogP contribution >= 0.6 is 0 Å². The maximum Gasteiger partial charge on any atom is 0.132 e. The van der Waals surface area contributed by atoms with Crippen LogP contribution in [0, 0.1) is 11.8 Å². The van der Waals surface area contributed by atoms with Gasteiger partial charge in [0, 0.05) is 5.92 Å². The van der Waals surface area contributed by atoms with Gasteiger partial charge in [-0.3, -0.25) is 4.79 Å². The molecule has 1 unspecified atom stereocenters. The highest BCUT2D eigenvalue weighted by molar-refractivity contribution is 5.78. The number of hydrogen-bond acceptors (Lipinski definition) is 1. The number of hydrogen-bond donors (Lipinski definition) is 0. The normalized spacial score (nSPS) is 33.8. The summed E-state index contributed by atoms with van der Waals surface area (Å²) in [6, 6.07) is 0. The van der Waals surface area contributed by atoms with Gasteiger partial charge in [0.15, 0.2) is 0 Å². The first-order valence-electron chi connectivity index (χ1n) is 4.20. The fourth-order valence-corrected chi connectivity index (χ4v) is 1.80. The van der Waals surface area contributed by atoms with Crippen LogP contribution in [-0.2, 0) is 4.79 Å². The molecule has 1 rings (SSSR count). The molecule has 1 fully saturated rings. The molecule has 58 valence electrons. The zero-order chi connectivity index (χ0) is 7.56. The summed E-state index contributed by atoms with van der Waals surface area (Å²) in [6.45, 7) is 3.97. The van der Waals surface area contributed by atoms with Crippen LogP contribution in [0.15, 0.2) is 0 Å². The Bertz CT molecular complexity index is 129. The van der Waals surface area contributed by atoms with Crippen LogP contribution in [0.3, 0.4) is 0 Å². The first-order chi connectivity index (χ1) is 4.70. The van der Waals surface area contributed by atoms with Crippen molar-refractivity contribution in [1.82, 2.24) is 0 Å². The van der Waals surface area contributed by atoms with Gasteiger partial charge in [0.2, 0.25) is 0 Å². The van der Waals surface area contributed by atoms with Crippen molar-refractivity contribution in [2.45, 2.75) is 39.5 Å². The van der Waals surface area contributed by atoms with E-state index in [0.29, 0.717) is 11.7 Å². The molecule has 1 saturated carbocycles. The van der Waals surface area contributed by atoms with Gasteiger partial charge in [-0.15, -0.1) is 0 Å². The SMILES string of the molecule is CC(=O)[C@H]1CCCC(C)C1. The molecule has 0 amide bonds. The zero-order valence-electron chi connectivity index (χ0n) is 6.89. The molecule has 0 saturated heterocycles. The van der Waals surface area contributed by atoms with Gasteiger partial charge in [0.1, 0.15) is 5.78 Å². The van der Waals surface area contributed by atoms with Crippen molar-refractivity contribution in [1.29, 1.82) is 0 Å². The Hall–Kier alpha value is -0.330. The van der Waals surface area contributed by atoms with E-state index in [9.17, 15) is 4.79 Å². The predicted octanol–water partition coefficient (Wildman–Crippen LogP) is 2.40. The van der Waals surface area contributed by atoms with Gasteiger partial charge >= 0.3 is 0 Å². The molecule has 2 atom stereocenters. The van der Waals surface area contributed by atoms with E-state index in [1.54, 1.807) is 6.92 Å². The van der Waals surface area contributed by atoms with E-state index in [-0.39, 0.29) is 0 Å². The average molecular weight is 140 g/mol. The molecule has 0 spiro atoms. The van der Waals surface area contributed by atoms with Crippen molar-refractivity contribution >= 4 is 5.78 Å². The largest absolute Gasteiger partial charge is 0.300 e. The van der Waals surface area contributed by atoms with E-state index >= 15 is 0 Å². The summed E-state index contributed by atoms with van der Waals surface area (Å²) in [5, 5.41) is 0. The number of carbonyl (C=O) groups is 1. The van der Waals surface area contributed by atoms with Crippen molar-refractivity contribution in [3.63, 3.8) is 0 Å². The Labute approximate surface area is 62.8 Å². The van der Waals surface area contributed by atoms with Gasteiger partial charge in [-0.25, -0.2) is 0 Å². The van der Waals surface area contributed by atoms with E-state index in [1.807, 2.05) is 0 Å². The second-order valence-corrected chi connectivity index (χ2v) is 3.58. The molecule has 1 aliphatic rings. The van der Waals surface area contributed by atoms with Crippen LogP contribution < -0.4 is 0 Å². The molecule has 0 aromatic rings. The maximum atomic E-state index is 10.9. The highest BCUT2D eigenvalue weighted by Gasteiger charge is 2.21. The number of Topliss-reactive ketones (excluding diaryl/α,β-unsaturated/α-hetero) is 1. The lowest BCUT2D eigenvalue weighted by Gasteiger charge is -2.24. The molecule has 0 aromatic carbocycles. The van der Waals surface area contributed by atoms with Gasteiger partial charge < -0.3 is 0 Å². The summed E-state index contributed by atoms with van der Waals surface area (Å²) in [5.74, 6) is 1.57. The lowest BCUT2D eigenvalue weighted by Crippen LogP contribution is -2.19. The highest BCUT2D eigenvalue weighted by Crippen LogP contribution is 2.28. The highest BCUT2D eigenvalue weighted by atomic mass is 16.1. The van der Waals surface area contributed by atoms with Gasteiger partial charge in [0.05, 0.1) is 0 Å². The Balaban J connectivity index is 2.39. The molecule has 0 bridgehead atoms. The van der Waals surface area contributed by atoms with Gasteiger partial charge in [0.25, 0.3) is 0 Å². The summed E-state index contributed by atoms with van der Waals surface area (Å²) >= 11 is 0. The van der Waals surface area contributed by atoms with Gasteiger partial charge in [-0.1, -0.05) is 19.8 Å². The number of rotatable bonds is 1. The third-order valence-electron chi connectivity index (χ3n) is 2.51. The third kappa shape index (κ3) is 1.83. The van der Waals surface area contributed by atoms with Gasteiger partial charge in [-0.05, 0) is 25.7 Å². The fourth-order valence-electron chi connectivity index (χ4n) is 1.80. The molecular weight excluding hydrogens is 124 g/mol. The molecule has 0 aromatic heterocycles. The van der Waals surface area contributed by atoms with Crippen molar-refractivity contribution in [3.05, 3.63) is 0 Å². The molecule has 10 heavy (non-hydrogen) atoms. The van der Waals surface area contributed by atoms with Crippen molar-refractivity contribution in [2.24, 2.45) is 11.8 Å². The maximum absolute atomic E-state index is 10.9. The molecule has 1 nitrogen and oxygen atoms in total. The standard InChI is InChI=1S/C9H16O/c1-7-4-3-5-9(6-7)8(2)10/h7,9H,3-6H2,1-2H3/t7?,9-/m0/s1. The second-order valence-electron chi connectivity index (χ2n) is 3.58. The first kappa shape index (κ1) is 7.77. The van der Waals surface area contributed by atoms with Crippen LogP contribution in [0.25, 0.3) is 0 Å². The third-order valence-corrected chi connectivity index (χ3v) is 2.51. The smallest absolute Gasteiger partial charge is 0.132 e. The summed E-state index contributed by atoms with van der Waals surface area (Å²) in [7, 11) is 0. The zero-order valence-corrected chi connectivity index (χ0v) is 6.89. The Morgan fingerprint density at radius 3 is 2.50 bits per heavy atom. The van der Waals surface area contributed by atoms with Crippen LogP contribution in [0.4, 0.5) is 0 Å². The first-order valence-corrected chi connectivity index (χ1v) is 4.20. The van der Waals surface area contributed by atoms with E-state index in [0.717, 1.165) is 18.8 Å². The lowest BCUT2D eigenvalue weighted by atomic mass is 9.81. The van der Waals surface area contributed by atoms with Gasteiger partial charge in [-0.2, -0.15) is 0 Å². The molecule has 0 N–H and O–H groups in total. The summed E-state index contributed by atoms with van der Waals surface area (Å²) in [6.07, 6.45) is 4.85. The van der Waals surface area contributed by atoms with E-state index < -0.39 is 0 Å². The van der Waals surface area contributed by atoms with Crippen LogP contribution in [0.5, 0.6) is 0 Å². The monoisotopic (exact) mass is 140 g/mol. The quantitative estimate of drug-likeness (QED) is 0.546. The van der Waals surface area contributed by atoms with E-state index in [2.05, 4.69) is 6.92 Å². The van der Waals surface area contributed by atoms with Crippen molar-refractivity contribution < 1.29 is 4.79 Å². The summed E-state index contributed by atoms with van der Waals surface area (Å²) in [5.41, 5.74) is 0. The topological polar surface area (TPSA) is 17.1 Å². The lowest BCUT2D eigenvalue weighted by molar-refractivity contribution is -0.122. The van der Waals surface area contributed by atoms with Crippen molar-refractivity contribution in [2.75, 3.05) is 0 Å². The molecule has 0 aliphatic heterocycles. The van der Waals surface area contributed by atoms with Crippen molar-refractivity contribution in [3.8, 4) is 0 Å². The molecular formula is C9H16O. The molecule has 1 heteroatoms. The fraction of sp³-hybridized carbons (Fsp3) is 0.889. The minimum Gasteiger partial charge on any atom is -0.300 e. The van der Waals surface area contributed by atoms with Crippen LogP contribution in [-0.4, -0.2) is 5.78 Å². The van der Waals surface area contributed by atoms with E-state index in [1.165, 1.54) is 12.8 Å². The number of ketones is 1. The van der Waals surface area contributed by atoms with Crippen LogP contribution in [0.1, 0.15) is 39.5 Å². The summed E-state index contributed by atoms with van der Waals surface area (Å²) < 4.78 is 0. The van der Waals surface area contributed by atoms with E-state index in [4.69, 9.17) is 0 Å². The number of carbonyl (C=O) groups excluding carboxylic acids is 1. The average Bonchev–Trinajstić information content (AvgIpc) is 1.88. The minimum atomic E-state index is 0.392. The molecule has 0 radical (unpaired) electrons. The Morgan fingerprint density at radius 1 is 1.40 bits per heavy atom. The Morgan fingerprint density at radius 2 is 2.10 bits per heavy atom. The summed E-state index contributed by atoms with van der Waals surface area (Å²) in [4.78, 5) is 10.9. The Kier molecular flexibility index (Phi) is 2.47. The molecule has 1 aliphatic carbocycles. The minimum absolute atomic E-state index is 0.392. The van der Waals surface area contributed by atoms with Crippen LogP contribution in [0.2, 0.25) is 0 Å². The predicted molar refractivity (Wildman–Crippen MR) is 41.8 cm³/mol.